The molecule has 0 aromatic heterocycles. The van der Waals surface area contributed by atoms with Crippen LogP contribution in [-0.2, 0) is 15.6 Å². The van der Waals surface area contributed by atoms with Crippen molar-refractivity contribution in [2.24, 2.45) is 5.73 Å². The zero-order valence-corrected chi connectivity index (χ0v) is 8.64. The Bertz CT molecular complexity index is 366. The van der Waals surface area contributed by atoms with E-state index in [9.17, 15) is 9.00 Å². The molecule has 0 aliphatic carbocycles. The normalized spacial score (nSPS) is 12.1. The fourth-order valence-electron chi connectivity index (χ4n) is 0.965. The van der Waals surface area contributed by atoms with E-state index < -0.39 is 10.8 Å². The molecule has 4 nitrogen and oxygen atoms in total. The molecule has 76 valence electrons. The van der Waals surface area contributed by atoms with Crippen molar-refractivity contribution in [2.75, 3.05) is 18.1 Å². The minimum Gasteiger partial charge on any atom is -0.325 e. The number of carbonyl (C=O) groups excluding carboxylic acids is 1. The minimum absolute atomic E-state index is 0.0561. The Morgan fingerprint density at radius 3 is 2.86 bits per heavy atom. The molecule has 0 saturated heterocycles. The Morgan fingerprint density at radius 1 is 1.57 bits per heavy atom. The van der Waals surface area contributed by atoms with E-state index in [0.717, 1.165) is 0 Å². The Morgan fingerprint density at radius 2 is 2.29 bits per heavy atom. The molecule has 0 bridgehead atoms. The van der Waals surface area contributed by atoms with Gasteiger partial charge < -0.3 is 11.1 Å². The van der Waals surface area contributed by atoms with Crippen molar-refractivity contribution in [1.29, 1.82) is 0 Å². The lowest BCUT2D eigenvalue weighted by Crippen LogP contribution is -2.21. The van der Waals surface area contributed by atoms with Crippen LogP contribution in [0.25, 0.3) is 0 Å². The Hall–Kier alpha value is -1.20. The highest BCUT2D eigenvalue weighted by Crippen LogP contribution is 2.12. The van der Waals surface area contributed by atoms with E-state index in [4.69, 9.17) is 5.73 Å². The van der Waals surface area contributed by atoms with Crippen molar-refractivity contribution in [3.05, 3.63) is 24.3 Å². The Kier molecular flexibility index (Phi) is 3.79. The first-order chi connectivity index (χ1) is 6.63. The maximum Gasteiger partial charge on any atom is 0.238 e. The van der Waals surface area contributed by atoms with Gasteiger partial charge in [0, 0.05) is 27.6 Å². The third kappa shape index (κ3) is 2.93. The molecule has 14 heavy (non-hydrogen) atoms. The number of amides is 1. The van der Waals surface area contributed by atoms with Crippen LogP contribution in [0.3, 0.4) is 0 Å². The smallest absolute Gasteiger partial charge is 0.238 e. The van der Waals surface area contributed by atoms with Gasteiger partial charge in [-0.05, 0) is 18.2 Å². The quantitative estimate of drug-likeness (QED) is 0.758. The highest BCUT2D eigenvalue weighted by Gasteiger charge is 2.01. The number of nitrogens with two attached hydrogens (primary N) is 1. The molecule has 0 spiro atoms. The lowest BCUT2D eigenvalue weighted by atomic mass is 10.3. The molecule has 0 saturated carbocycles. The lowest BCUT2D eigenvalue weighted by Gasteiger charge is -2.04. The van der Waals surface area contributed by atoms with Crippen molar-refractivity contribution in [3.8, 4) is 0 Å². The number of hydrogen-bond donors (Lipinski definition) is 2. The molecule has 1 amide bonds. The van der Waals surface area contributed by atoms with Crippen molar-refractivity contribution < 1.29 is 9.00 Å². The third-order valence-corrected chi connectivity index (χ3v) is 2.55. The van der Waals surface area contributed by atoms with Crippen LogP contribution in [0.2, 0.25) is 0 Å². The summed E-state index contributed by atoms with van der Waals surface area (Å²) in [7, 11) is -1.04. The van der Waals surface area contributed by atoms with Crippen molar-refractivity contribution in [1.82, 2.24) is 0 Å². The van der Waals surface area contributed by atoms with E-state index in [-0.39, 0.29) is 12.5 Å². The molecule has 0 aliphatic heterocycles. The zero-order valence-electron chi connectivity index (χ0n) is 7.82. The third-order valence-electron chi connectivity index (χ3n) is 1.64. The van der Waals surface area contributed by atoms with Crippen LogP contribution in [0.5, 0.6) is 0 Å². The highest BCUT2D eigenvalue weighted by atomic mass is 32.2. The molecule has 1 aromatic rings. The zero-order chi connectivity index (χ0) is 10.6. The fourth-order valence-corrected chi connectivity index (χ4v) is 1.53. The van der Waals surface area contributed by atoms with E-state index in [1.165, 1.54) is 0 Å². The first-order valence-electron chi connectivity index (χ1n) is 4.07. The molecule has 0 radical (unpaired) electrons. The van der Waals surface area contributed by atoms with Gasteiger partial charge in [0.05, 0.1) is 6.54 Å². The summed E-state index contributed by atoms with van der Waals surface area (Å²) in [4.78, 5) is 11.6. The number of carbonyl (C=O) groups is 1. The Balaban J connectivity index is 2.83. The summed E-state index contributed by atoms with van der Waals surface area (Å²) in [6, 6.07) is 6.88. The summed E-state index contributed by atoms with van der Waals surface area (Å²) in [6.07, 6.45) is 1.59. The van der Waals surface area contributed by atoms with E-state index in [1.807, 2.05) is 0 Å². The molecule has 3 N–H and O–H groups in total. The molecule has 0 heterocycles. The summed E-state index contributed by atoms with van der Waals surface area (Å²) in [5.41, 5.74) is 5.76. The van der Waals surface area contributed by atoms with Gasteiger partial charge in [0.1, 0.15) is 0 Å². The van der Waals surface area contributed by atoms with Gasteiger partial charge in [0.15, 0.2) is 0 Å². The van der Waals surface area contributed by atoms with E-state index in [0.29, 0.717) is 10.6 Å². The first kappa shape index (κ1) is 10.9. The monoisotopic (exact) mass is 212 g/mol. The maximum absolute atomic E-state index is 11.1. The van der Waals surface area contributed by atoms with Crippen molar-refractivity contribution >= 4 is 22.4 Å². The molecule has 5 heteroatoms. The number of rotatable bonds is 3. The number of hydrogen-bond acceptors (Lipinski definition) is 3. The second kappa shape index (κ2) is 4.88. The van der Waals surface area contributed by atoms with Crippen LogP contribution >= 0.6 is 0 Å². The van der Waals surface area contributed by atoms with Crippen molar-refractivity contribution in [3.63, 3.8) is 0 Å². The topological polar surface area (TPSA) is 72.2 Å². The van der Waals surface area contributed by atoms with Crippen LogP contribution in [0, 0.1) is 0 Å². The first-order valence-corrected chi connectivity index (χ1v) is 5.62. The molecule has 0 aliphatic rings. The largest absolute Gasteiger partial charge is 0.325 e. The van der Waals surface area contributed by atoms with Crippen LogP contribution in [0.4, 0.5) is 5.69 Å². The van der Waals surface area contributed by atoms with Crippen LogP contribution < -0.4 is 11.1 Å². The average Bonchev–Trinajstić information content (AvgIpc) is 2.18. The molecule has 1 unspecified atom stereocenters. The Labute approximate surface area is 85.0 Å². The van der Waals surface area contributed by atoms with Gasteiger partial charge in [-0.15, -0.1) is 0 Å². The minimum atomic E-state index is -1.04. The van der Waals surface area contributed by atoms with Gasteiger partial charge in [-0.2, -0.15) is 0 Å². The SMILES string of the molecule is CS(=O)c1cccc(NC(=O)CN)c1. The predicted molar refractivity (Wildman–Crippen MR) is 56.5 cm³/mol. The summed E-state index contributed by atoms with van der Waals surface area (Å²) in [5, 5.41) is 2.59. The van der Waals surface area contributed by atoms with Gasteiger partial charge in [0.25, 0.3) is 0 Å². The number of anilines is 1. The molecular formula is C9H12N2O2S. The van der Waals surface area contributed by atoms with Crippen LogP contribution in [0.1, 0.15) is 0 Å². The molecule has 1 atom stereocenters. The summed E-state index contributed by atoms with van der Waals surface area (Å²) < 4.78 is 11.1. The van der Waals surface area contributed by atoms with Gasteiger partial charge in [-0.25, -0.2) is 0 Å². The summed E-state index contributed by atoms with van der Waals surface area (Å²) in [6.45, 7) is -0.0561. The predicted octanol–water partition coefficient (Wildman–Crippen LogP) is 0.321. The molecular weight excluding hydrogens is 200 g/mol. The second-order valence-electron chi connectivity index (χ2n) is 2.73. The van der Waals surface area contributed by atoms with Gasteiger partial charge in [-0.1, -0.05) is 6.07 Å². The molecule has 0 fully saturated rings. The standard InChI is InChI=1S/C9H12N2O2S/c1-14(13)8-4-2-3-7(5-8)11-9(12)6-10/h2-5H,6,10H2,1H3,(H,11,12). The van der Waals surface area contributed by atoms with E-state index >= 15 is 0 Å². The lowest BCUT2D eigenvalue weighted by molar-refractivity contribution is -0.114. The van der Waals surface area contributed by atoms with Crippen LogP contribution in [0.15, 0.2) is 29.2 Å². The number of benzene rings is 1. The molecule has 1 rings (SSSR count). The fraction of sp³-hybridized carbons (Fsp3) is 0.222. The van der Waals surface area contributed by atoms with Gasteiger partial charge >= 0.3 is 0 Å². The average molecular weight is 212 g/mol. The van der Waals surface area contributed by atoms with Crippen LogP contribution in [-0.4, -0.2) is 22.9 Å². The summed E-state index contributed by atoms with van der Waals surface area (Å²) >= 11 is 0. The number of nitrogens with one attached hydrogen (secondary N) is 1. The maximum atomic E-state index is 11.1. The van der Waals surface area contributed by atoms with Crippen molar-refractivity contribution in [2.45, 2.75) is 4.90 Å². The highest BCUT2D eigenvalue weighted by molar-refractivity contribution is 7.84. The second-order valence-corrected chi connectivity index (χ2v) is 4.11. The van der Waals surface area contributed by atoms with E-state index in [2.05, 4.69) is 5.32 Å². The molecule has 1 aromatic carbocycles. The van der Waals surface area contributed by atoms with E-state index in [1.54, 1.807) is 30.5 Å². The summed E-state index contributed by atoms with van der Waals surface area (Å²) in [5.74, 6) is -0.260. The van der Waals surface area contributed by atoms with Gasteiger partial charge in [-0.3, -0.25) is 9.00 Å². The van der Waals surface area contributed by atoms with Gasteiger partial charge in [0.2, 0.25) is 5.91 Å².